The molecule has 1 fully saturated rings. The van der Waals surface area contributed by atoms with E-state index in [-0.39, 0.29) is 7.43 Å². The molecule has 1 heteroatoms. The lowest BCUT2D eigenvalue weighted by molar-refractivity contribution is 0.0792. The van der Waals surface area contributed by atoms with E-state index in [0.717, 1.165) is 11.8 Å². The number of benzene rings is 1. The van der Waals surface area contributed by atoms with Gasteiger partial charge >= 0.3 is 0 Å². The Hall–Kier alpha value is -0.820. The first-order chi connectivity index (χ1) is 10.0. The molecule has 0 amide bonds. The Balaban J connectivity index is 0.00000176. The normalized spacial score (nSPS) is 30.4. The van der Waals surface area contributed by atoms with Gasteiger partial charge in [0, 0.05) is 6.54 Å². The summed E-state index contributed by atoms with van der Waals surface area (Å²) >= 11 is 0. The van der Waals surface area contributed by atoms with Crippen LogP contribution in [0.5, 0.6) is 0 Å². The fourth-order valence-corrected chi connectivity index (χ4v) is 5.02. The summed E-state index contributed by atoms with van der Waals surface area (Å²) in [7, 11) is 2.11. The van der Waals surface area contributed by atoms with E-state index in [4.69, 9.17) is 0 Å². The third-order valence-corrected chi connectivity index (χ3v) is 6.18. The molecule has 3 atom stereocenters. The van der Waals surface area contributed by atoms with Crippen LogP contribution in [0, 0.1) is 11.3 Å². The quantitative estimate of drug-likeness (QED) is 0.777. The Labute approximate surface area is 137 Å². The Bertz CT molecular complexity index is 501. The van der Waals surface area contributed by atoms with Gasteiger partial charge in [-0.3, -0.25) is 0 Å². The lowest BCUT2D eigenvalue weighted by Crippen LogP contribution is -2.44. The highest BCUT2D eigenvalue weighted by Crippen LogP contribution is 2.53. The highest BCUT2D eigenvalue weighted by atomic mass is 14.8. The van der Waals surface area contributed by atoms with Gasteiger partial charge in [-0.25, -0.2) is 0 Å². The van der Waals surface area contributed by atoms with Gasteiger partial charge in [0.15, 0.2) is 0 Å². The number of hydrogen-bond acceptors (Lipinski definition) is 1. The predicted molar refractivity (Wildman–Crippen MR) is 97.7 cm³/mol. The van der Waals surface area contributed by atoms with Crippen molar-refractivity contribution in [1.29, 1.82) is 0 Å². The van der Waals surface area contributed by atoms with Gasteiger partial charge < -0.3 is 5.32 Å². The van der Waals surface area contributed by atoms with Crippen LogP contribution in [0.15, 0.2) is 18.2 Å². The molecular formula is C21H35N. The lowest BCUT2D eigenvalue weighted by atomic mass is 9.56. The van der Waals surface area contributed by atoms with Crippen molar-refractivity contribution in [3.05, 3.63) is 34.9 Å². The summed E-state index contributed by atoms with van der Waals surface area (Å²) in [4.78, 5) is 0. The number of fused-ring (bicyclic) bond motifs is 3. The Kier molecular flexibility index (Phi) is 5.37. The second-order valence-corrected chi connectivity index (χ2v) is 7.94. The van der Waals surface area contributed by atoms with E-state index in [1.54, 1.807) is 11.1 Å². The summed E-state index contributed by atoms with van der Waals surface area (Å²) in [6.07, 6.45) is 6.87. The minimum absolute atomic E-state index is 0. The molecule has 0 aliphatic heterocycles. The molecule has 3 unspecified atom stereocenters. The van der Waals surface area contributed by atoms with E-state index in [9.17, 15) is 0 Å². The molecule has 0 spiro atoms. The maximum atomic E-state index is 3.46. The van der Waals surface area contributed by atoms with Crippen molar-refractivity contribution in [2.75, 3.05) is 13.6 Å². The molecule has 0 radical (unpaired) electrons. The van der Waals surface area contributed by atoms with E-state index < -0.39 is 0 Å². The molecule has 1 saturated carbocycles. The summed E-state index contributed by atoms with van der Waals surface area (Å²) in [5.74, 6) is 2.33. The summed E-state index contributed by atoms with van der Waals surface area (Å²) in [6, 6.07) is 7.35. The fraction of sp³-hybridized carbons (Fsp3) is 0.714. The molecule has 3 rings (SSSR count). The highest BCUT2D eigenvalue weighted by molar-refractivity contribution is 5.39. The number of rotatable bonds is 3. The maximum Gasteiger partial charge on any atom is 0.000503 e. The standard InChI is InChI=1S/C20H31N.CH4/c1-14(2)15-7-9-17-16(12-15)8-10-19-18(17)6-5-11-20(19,3)13-21-4;/h7,9,12,14,18-19,21H,5-6,8,10-11,13H2,1-4H3;1H4. The van der Waals surface area contributed by atoms with E-state index in [2.05, 4.69) is 51.3 Å². The van der Waals surface area contributed by atoms with Crippen LogP contribution in [0.1, 0.15) is 82.4 Å². The molecule has 0 heterocycles. The third kappa shape index (κ3) is 2.97. The monoisotopic (exact) mass is 301 g/mol. The van der Waals surface area contributed by atoms with Crippen LogP contribution in [0.2, 0.25) is 0 Å². The zero-order valence-electron chi connectivity index (χ0n) is 14.2. The third-order valence-electron chi connectivity index (χ3n) is 6.18. The maximum absolute atomic E-state index is 3.46. The van der Waals surface area contributed by atoms with Crippen LogP contribution in [-0.2, 0) is 6.42 Å². The summed E-state index contributed by atoms with van der Waals surface area (Å²) in [5.41, 5.74) is 5.33. The second-order valence-electron chi connectivity index (χ2n) is 7.94. The van der Waals surface area contributed by atoms with Crippen LogP contribution in [-0.4, -0.2) is 13.6 Å². The van der Waals surface area contributed by atoms with E-state index in [0.29, 0.717) is 11.3 Å². The highest BCUT2D eigenvalue weighted by Gasteiger charge is 2.44. The SMILES string of the molecule is C.CNCC1(C)CCCC2c3ccc(C(C)C)cc3CCC21. The Morgan fingerprint density at radius 3 is 2.73 bits per heavy atom. The molecule has 2 aliphatic rings. The molecule has 1 nitrogen and oxygen atoms in total. The first-order valence-corrected chi connectivity index (χ1v) is 8.82. The molecule has 0 aromatic heterocycles. The van der Waals surface area contributed by atoms with Crippen LogP contribution >= 0.6 is 0 Å². The van der Waals surface area contributed by atoms with Gasteiger partial charge in [0.05, 0.1) is 0 Å². The van der Waals surface area contributed by atoms with Gasteiger partial charge in [-0.1, -0.05) is 52.8 Å². The molecule has 0 bridgehead atoms. The summed E-state index contributed by atoms with van der Waals surface area (Å²) in [6.45, 7) is 8.30. The number of aryl methyl sites for hydroxylation is 1. The minimum Gasteiger partial charge on any atom is -0.319 e. The van der Waals surface area contributed by atoms with Crippen LogP contribution < -0.4 is 5.32 Å². The van der Waals surface area contributed by atoms with E-state index >= 15 is 0 Å². The van der Waals surface area contributed by atoms with Gasteiger partial charge in [0.2, 0.25) is 0 Å². The minimum atomic E-state index is 0. The van der Waals surface area contributed by atoms with Crippen LogP contribution in [0.25, 0.3) is 0 Å². The van der Waals surface area contributed by atoms with Crippen molar-refractivity contribution >= 4 is 0 Å². The van der Waals surface area contributed by atoms with Crippen molar-refractivity contribution in [3.8, 4) is 0 Å². The molecule has 22 heavy (non-hydrogen) atoms. The fourth-order valence-electron chi connectivity index (χ4n) is 5.02. The molecule has 2 aliphatic carbocycles. The van der Waals surface area contributed by atoms with E-state index in [1.165, 1.54) is 44.2 Å². The van der Waals surface area contributed by atoms with Crippen molar-refractivity contribution in [3.63, 3.8) is 0 Å². The predicted octanol–water partition coefficient (Wildman–Crippen LogP) is 5.50. The van der Waals surface area contributed by atoms with Crippen LogP contribution in [0.4, 0.5) is 0 Å². The van der Waals surface area contributed by atoms with Gasteiger partial charge in [-0.15, -0.1) is 0 Å². The summed E-state index contributed by atoms with van der Waals surface area (Å²) in [5, 5.41) is 3.46. The Morgan fingerprint density at radius 2 is 2.05 bits per heavy atom. The topological polar surface area (TPSA) is 12.0 Å². The molecule has 1 N–H and O–H groups in total. The average Bonchev–Trinajstić information content (AvgIpc) is 2.46. The molecule has 1 aromatic carbocycles. The zero-order chi connectivity index (χ0) is 15.0. The molecular weight excluding hydrogens is 266 g/mol. The van der Waals surface area contributed by atoms with Crippen molar-refractivity contribution in [1.82, 2.24) is 5.32 Å². The summed E-state index contributed by atoms with van der Waals surface area (Å²) < 4.78 is 0. The van der Waals surface area contributed by atoms with Crippen LogP contribution in [0.3, 0.4) is 0 Å². The average molecular weight is 302 g/mol. The van der Waals surface area contributed by atoms with Gasteiger partial charge in [-0.2, -0.15) is 0 Å². The van der Waals surface area contributed by atoms with Gasteiger partial charge in [-0.05, 0) is 72.6 Å². The Morgan fingerprint density at radius 1 is 1.27 bits per heavy atom. The number of nitrogens with one attached hydrogen (secondary N) is 1. The van der Waals surface area contributed by atoms with Gasteiger partial charge in [0.1, 0.15) is 0 Å². The van der Waals surface area contributed by atoms with Gasteiger partial charge in [0.25, 0.3) is 0 Å². The largest absolute Gasteiger partial charge is 0.319 e. The lowest BCUT2D eigenvalue weighted by Gasteiger charge is -2.49. The first-order valence-electron chi connectivity index (χ1n) is 8.82. The van der Waals surface area contributed by atoms with Crippen molar-refractivity contribution < 1.29 is 0 Å². The second kappa shape index (κ2) is 6.74. The zero-order valence-corrected chi connectivity index (χ0v) is 14.2. The smallest absolute Gasteiger partial charge is 0.000503 e. The van der Waals surface area contributed by atoms with Crippen molar-refractivity contribution in [2.45, 2.75) is 72.1 Å². The number of hydrogen-bond donors (Lipinski definition) is 1. The molecule has 1 aromatic rings. The van der Waals surface area contributed by atoms with Crippen molar-refractivity contribution in [2.24, 2.45) is 11.3 Å². The molecule has 124 valence electrons. The molecule has 0 saturated heterocycles. The van der Waals surface area contributed by atoms with E-state index in [1.807, 2.05) is 0 Å². The first kappa shape index (κ1) is 17.5.